The van der Waals surface area contributed by atoms with Crippen molar-refractivity contribution in [2.24, 2.45) is 0 Å². The monoisotopic (exact) mass is 300 g/mol. The lowest BCUT2D eigenvalue weighted by atomic mass is 10.2. The fraction of sp³-hybridized carbons (Fsp3) is 0.0476. The fourth-order valence-electron chi connectivity index (χ4n) is 2.10. The summed E-state index contributed by atoms with van der Waals surface area (Å²) in [5.41, 5.74) is 1.98. The maximum absolute atomic E-state index is 5.77. The first kappa shape index (κ1) is 14.7. The van der Waals surface area contributed by atoms with E-state index in [4.69, 9.17) is 15.9 Å². The predicted molar refractivity (Wildman–Crippen MR) is 91.7 cm³/mol. The van der Waals surface area contributed by atoms with Crippen molar-refractivity contribution in [2.75, 3.05) is 0 Å². The van der Waals surface area contributed by atoms with Crippen LogP contribution in [0.25, 0.3) is 0 Å². The van der Waals surface area contributed by atoms with Gasteiger partial charge in [0.2, 0.25) is 0 Å². The Hall–Kier alpha value is -3.18. The molecule has 0 aliphatic rings. The van der Waals surface area contributed by atoms with Gasteiger partial charge in [-0.25, -0.2) is 0 Å². The molecule has 3 rings (SSSR count). The Morgan fingerprint density at radius 3 is 1.87 bits per heavy atom. The second-order valence-electron chi connectivity index (χ2n) is 5.02. The molecule has 3 aromatic rings. The second-order valence-corrected chi connectivity index (χ2v) is 5.02. The summed E-state index contributed by atoms with van der Waals surface area (Å²) in [6, 6.07) is 25.1. The minimum atomic E-state index is 0.550. The zero-order valence-electron chi connectivity index (χ0n) is 12.6. The molecule has 0 aliphatic heterocycles. The van der Waals surface area contributed by atoms with Crippen LogP contribution in [0.15, 0.2) is 78.9 Å². The van der Waals surface area contributed by atoms with Crippen molar-refractivity contribution >= 4 is 0 Å². The highest BCUT2D eigenvalue weighted by molar-refractivity contribution is 5.39. The van der Waals surface area contributed by atoms with E-state index in [1.165, 1.54) is 0 Å². The van der Waals surface area contributed by atoms with Crippen LogP contribution in [0.4, 0.5) is 0 Å². The topological polar surface area (TPSA) is 18.5 Å². The Morgan fingerprint density at radius 2 is 1.26 bits per heavy atom. The molecule has 112 valence electrons. The molecule has 2 nitrogen and oxygen atoms in total. The van der Waals surface area contributed by atoms with Crippen LogP contribution >= 0.6 is 0 Å². The van der Waals surface area contributed by atoms with Gasteiger partial charge in [-0.1, -0.05) is 36.3 Å². The Morgan fingerprint density at radius 1 is 0.696 bits per heavy atom. The predicted octanol–water partition coefficient (Wildman–Crippen LogP) is 5.04. The molecule has 0 aliphatic carbocycles. The molecular weight excluding hydrogens is 284 g/mol. The van der Waals surface area contributed by atoms with Gasteiger partial charge in [0.05, 0.1) is 0 Å². The number of terminal acetylenes is 1. The Labute approximate surface area is 136 Å². The first-order valence-electron chi connectivity index (χ1n) is 7.35. The maximum atomic E-state index is 5.77. The van der Waals surface area contributed by atoms with Gasteiger partial charge in [0.25, 0.3) is 0 Å². The number of benzene rings is 3. The summed E-state index contributed by atoms with van der Waals surface area (Å²) in [4.78, 5) is 0. The van der Waals surface area contributed by atoms with Gasteiger partial charge in [-0.2, -0.15) is 0 Å². The summed E-state index contributed by atoms with van der Waals surface area (Å²) in [5, 5.41) is 0. The molecule has 3 aromatic carbocycles. The summed E-state index contributed by atoms with van der Waals surface area (Å²) in [5.74, 6) is 4.90. The number of hydrogen-bond donors (Lipinski definition) is 0. The van der Waals surface area contributed by atoms with Gasteiger partial charge in [0, 0.05) is 5.56 Å². The first-order valence-corrected chi connectivity index (χ1v) is 7.35. The van der Waals surface area contributed by atoms with Crippen LogP contribution in [0.5, 0.6) is 17.2 Å². The molecule has 0 heterocycles. The van der Waals surface area contributed by atoms with Crippen molar-refractivity contribution in [3.8, 4) is 29.6 Å². The number of hydrogen-bond acceptors (Lipinski definition) is 2. The molecule has 0 spiro atoms. The minimum absolute atomic E-state index is 0.550. The van der Waals surface area contributed by atoms with E-state index in [0.717, 1.165) is 28.4 Å². The van der Waals surface area contributed by atoms with E-state index >= 15 is 0 Å². The minimum Gasteiger partial charge on any atom is -0.489 e. The lowest BCUT2D eigenvalue weighted by Gasteiger charge is -2.08. The molecule has 0 saturated heterocycles. The van der Waals surface area contributed by atoms with Crippen molar-refractivity contribution in [3.05, 3.63) is 90.0 Å². The van der Waals surface area contributed by atoms with Crippen LogP contribution in [0.3, 0.4) is 0 Å². The third kappa shape index (κ3) is 4.15. The highest BCUT2D eigenvalue weighted by Gasteiger charge is 2.00. The van der Waals surface area contributed by atoms with Gasteiger partial charge in [0.15, 0.2) is 0 Å². The van der Waals surface area contributed by atoms with Gasteiger partial charge in [-0.05, 0) is 54.1 Å². The van der Waals surface area contributed by atoms with E-state index in [1.54, 1.807) is 0 Å². The zero-order chi connectivity index (χ0) is 15.9. The number of rotatable bonds is 5. The molecule has 0 N–H and O–H groups in total. The normalized spacial score (nSPS) is 9.87. The molecule has 0 radical (unpaired) electrons. The van der Waals surface area contributed by atoms with Gasteiger partial charge in [-0.3, -0.25) is 0 Å². The van der Waals surface area contributed by atoms with Crippen molar-refractivity contribution in [1.82, 2.24) is 0 Å². The smallest absolute Gasteiger partial charge is 0.127 e. The molecule has 23 heavy (non-hydrogen) atoms. The quantitative estimate of drug-likeness (QED) is 0.615. The molecule has 0 amide bonds. The second kappa shape index (κ2) is 7.20. The SMILES string of the molecule is C#Cc1ccc(Oc2ccc(OCc3ccccc3)cc2)cc1. The van der Waals surface area contributed by atoms with E-state index < -0.39 is 0 Å². The van der Waals surface area contributed by atoms with Crippen LogP contribution in [-0.2, 0) is 6.61 Å². The van der Waals surface area contributed by atoms with Crippen LogP contribution in [-0.4, -0.2) is 0 Å². The third-order valence-electron chi connectivity index (χ3n) is 3.33. The maximum Gasteiger partial charge on any atom is 0.127 e. The van der Waals surface area contributed by atoms with E-state index in [9.17, 15) is 0 Å². The van der Waals surface area contributed by atoms with Crippen molar-refractivity contribution in [3.63, 3.8) is 0 Å². The molecule has 0 atom stereocenters. The fourth-order valence-corrected chi connectivity index (χ4v) is 2.10. The van der Waals surface area contributed by atoms with Crippen LogP contribution in [0.2, 0.25) is 0 Å². The van der Waals surface area contributed by atoms with Crippen molar-refractivity contribution in [2.45, 2.75) is 6.61 Å². The van der Waals surface area contributed by atoms with E-state index in [1.807, 2.05) is 78.9 Å². The first-order chi connectivity index (χ1) is 11.3. The Balaban J connectivity index is 1.59. The van der Waals surface area contributed by atoms with Crippen LogP contribution < -0.4 is 9.47 Å². The van der Waals surface area contributed by atoms with Crippen molar-refractivity contribution in [1.29, 1.82) is 0 Å². The summed E-state index contributed by atoms with van der Waals surface area (Å²) >= 11 is 0. The van der Waals surface area contributed by atoms with Crippen molar-refractivity contribution < 1.29 is 9.47 Å². The molecule has 0 bridgehead atoms. The van der Waals surface area contributed by atoms with Gasteiger partial charge < -0.3 is 9.47 Å². The Kier molecular flexibility index (Phi) is 4.61. The van der Waals surface area contributed by atoms with E-state index in [2.05, 4.69) is 5.92 Å². The largest absolute Gasteiger partial charge is 0.489 e. The van der Waals surface area contributed by atoms with Crippen LogP contribution in [0, 0.1) is 12.3 Å². The molecule has 2 heteroatoms. The van der Waals surface area contributed by atoms with Gasteiger partial charge >= 0.3 is 0 Å². The summed E-state index contributed by atoms with van der Waals surface area (Å²) in [7, 11) is 0. The highest BCUT2D eigenvalue weighted by Crippen LogP contribution is 2.24. The van der Waals surface area contributed by atoms with E-state index in [0.29, 0.717) is 6.61 Å². The standard InChI is InChI=1S/C21H16O2/c1-2-17-8-10-20(11-9-17)23-21-14-12-19(13-15-21)22-16-18-6-4-3-5-7-18/h1,3-15H,16H2. The lowest BCUT2D eigenvalue weighted by Crippen LogP contribution is -1.94. The summed E-state index contributed by atoms with van der Waals surface area (Å²) < 4.78 is 11.5. The molecule has 0 fully saturated rings. The average Bonchev–Trinajstić information content (AvgIpc) is 2.63. The Bertz CT molecular complexity index is 782. The lowest BCUT2D eigenvalue weighted by molar-refractivity contribution is 0.306. The molecule has 0 aromatic heterocycles. The zero-order valence-corrected chi connectivity index (χ0v) is 12.6. The highest BCUT2D eigenvalue weighted by atomic mass is 16.5. The summed E-state index contributed by atoms with van der Waals surface area (Å²) in [6.07, 6.45) is 5.33. The van der Waals surface area contributed by atoms with Gasteiger partial charge in [-0.15, -0.1) is 6.42 Å². The van der Waals surface area contributed by atoms with Crippen LogP contribution in [0.1, 0.15) is 11.1 Å². The average molecular weight is 300 g/mol. The summed E-state index contributed by atoms with van der Waals surface area (Å²) in [6.45, 7) is 0.550. The number of ether oxygens (including phenoxy) is 2. The molecular formula is C21H16O2. The third-order valence-corrected chi connectivity index (χ3v) is 3.33. The van der Waals surface area contributed by atoms with E-state index in [-0.39, 0.29) is 0 Å². The molecule has 0 saturated carbocycles. The molecule has 0 unspecified atom stereocenters. The van der Waals surface area contributed by atoms with Gasteiger partial charge in [0.1, 0.15) is 23.9 Å².